The lowest BCUT2D eigenvalue weighted by Gasteiger charge is -2.46. The summed E-state index contributed by atoms with van der Waals surface area (Å²) in [5.41, 5.74) is 0. The van der Waals surface area contributed by atoms with E-state index in [-0.39, 0.29) is 33.0 Å². The summed E-state index contributed by atoms with van der Waals surface area (Å²) in [7, 11) is 0. The fraction of sp³-hybridized carbons (Fsp3) is 1.00. The van der Waals surface area contributed by atoms with E-state index in [1.165, 1.54) is 0 Å². The Balaban J connectivity index is 1.18. The second-order valence-electron chi connectivity index (χ2n) is 29.9. The molecule has 0 aliphatic carbocycles. The van der Waals surface area contributed by atoms with Crippen LogP contribution in [0.2, 0.25) is 0 Å². The van der Waals surface area contributed by atoms with Crippen molar-refractivity contribution in [3.05, 3.63) is 0 Å². The zero-order valence-corrected chi connectivity index (χ0v) is 69.3. The highest BCUT2D eigenvalue weighted by Crippen LogP contribution is 2.35. The van der Waals surface area contributed by atoms with E-state index in [1.807, 2.05) is 55.4 Å². The maximum Gasteiger partial charge on any atom is 0.187 e. The van der Waals surface area contributed by atoms with Gasteiger partial charge >= 0.3 is 0 Å². The minimum atomic E-state index is -2.04. The molecule has 0 saturated carbocycles. The molecule has 6 aliphatic heterocycles. The molecule has 39 nitrogen and oxygen atoms in total. The molecule has 674 valence electrons. The average Bonchev–Trinajstić information content (AvgIpc) is 0.800. The fourth-order valence-electron chi connectivity index (χ4n) is 15.1. The number of nitrogens with zero attached hydrogens (tertiary/aromatic N) is 6. The van der Waals surface area contributed by atoms with Gasteiger partial charge in [0.05, 0.1) is 106 Å². The molecular weight excluding hydrogens is 1510 g/mol. The Hall–Kier alpha value is -1.56. The third kappa shape index (κ3) is 28.5. The van der Waals surface area contributed by atoms with Crippen molar-refractivity contribution in [1.29, 1.82) is 0 Å². The van der Waals surface area contributed by atoms with Crippen LogP contribution in [0.5, 0.6) is 0 Å². The third-order valence-corrected chi connectivity index (χ3v) is 23.3. The Morgan fingerprint density at radius 2 is 0.588 bits per heavy atom. The van der Waals surface area contributed by atoms with Gasteiger partial charge in [0, 0.05) is 32.7 Å². The molecule has 0 aromatic rings. The van der Waals surface area contributed by atoms with Crippen molar-refractivity contribution in [2.45, 2.75) is 273 Å². The number of aliphatic hydroxyl groups is 16. The van der Waals surface area contributed by atoms with Gasteiger partial charge in [0.2, 0.25) is 0 Å². The SMILES string of the molecule is CCN(CC)CCO[C@@H]1[C@@H](O)[C@H](OCC(O)CO[C@H]2[C@H](O)[C@@H](O)[C@@H](O)O[C@@H]2CO[C@H]2O[C@H](CO[C@H]3O[C@H](CO)[C@@H](O)[C@H](O)[C@H]3OCC[N+](CC)(CC)CCN(CC)CC)[C@@H](O)[C@H](O)[C@H]2O)[C@@H](CO[C@H]2O[C@H](CO[C@H]3O[C@H](CO)[C@@H](OCCN(CC)CC)[C@H](O)[C@H]3O)[C@@H](OCCN(CC)CC)[C@H](O)[C@H]2OCCN(CC)CC)O[C@@H]1O. The zero-order chi connectivity index (χ0) is 83.9. The van der Waals surface area contributed by atoms with E-state index in [9.17, 15) is 81.7 Å². The lowest BCUT2D eigenvalue weighted by atomic mass is 9.97. The van der Waals surface area contributed by atoms with Crippen molar-refractivity contribution in [3.8, 4) is 0 Å². The van der Waals surface area contributed by atoms with E-state index in [0.29, 0.717) is 76.5 Å². The number of ether oxygens (including phenoxy) is 17. The monoisotopic (exact) mass is 1660 g/mol. The molecule has 0 bridgehead atoms. The van der Waals surface area contributed by atoms with Gasteiger partial charge in [-0.3, -0.25) is 4.90 Å². The summed E-state index contributed by atoms with van der Waals surface area (Å²) in [4.78, 5) is 10.7. The molecule has 31 atom stereocenters. The highest BCUT2D eigenvalue weighted by molar-refractivity contribution is 4.98. The summed E-state index contributed by atoms with van der Waals surface area (Å²) in [6, 6.07) is 0. The summed E-state index contributed by atoms with van der Waals surface area (Å²) in [6.45, 7) is 32.6. The summed E-state index contributed by atoms with van der Waals surface area (Å²) in [6.07, 6.45) is -48.8. The summed E-state index contributed by atoms with van der Waals surface area (Å²) in [5.74, 6) is 0. The van der Waals surface area contributed by atoms with Crippen molar-refractivity contribution in [2.75, 3.05) is 210 Å². The van der Waals surface area contributed by atoms with E-state index in [4.69, 9.17) is 80.5 Å². The van der Waals surface area contributed by atoms with E-state index in [0.717, 1.165) is 52.4 Å². The number of quaternary nitrogens is 1. The van der Waals surface area contributed by atoms with Crippen LogP contribution in [0, 0.1) is 0 Å². The van der Waals surface area contributed by atoms with Gasteiger partial charge in [0.15, 0.2) is 37.7 Å². The maximum absolute atomic E-state index is 12.6. The highest BCUT2D eigenvalue weighted by atomic mass is 16.8. The summed E-state index contributed by atoms with van der Waals surface area (Å²) < 4.78 is 105. The van der Waals surface area contributed by atoms with Crippen molar-refractivity contribution in [1.82, 2.24) is 24.5 Å². The van der Waals surface area contributed by atoms with E-state index >= 15 is 0 Å². The smallest absolute Gasteiger partial charge is 0.187 e. The van der Waals surface area contributed by atoms with Crippen LogP contribution in [0.3, 0.4) is 0 Å². The van der Waals surface area contributed by atoms with Gasteiger partial charge in [-0.2, -0.15) is 0 Å². The first-order valence-electron chi connectivity index (χ1n) is 41.6. The zero-order valence-electron chi connectivity index (χ0n) is 69.3. The highest BCUT2D eigenvalue weighted by Gasteiger charge is 2.55. The second kappa shape index (κ2) is 52.2. The number of hydrogen-bond donors (Lipinski definition) is 16. The standard InChI is InChI=1S/C75H147N6O33/c1-13-76(14-2)25-30-81(23-11,24-12)31-36-102-68-55(88)52(85)46(37-82)111-74(68)107-41-48-53(86)54(87)59(92)72(113-48)105-42-49-64(56(89)58(91)70(96)109-49)103-39-45(84)40-104-66-50(110-71(97)67(61(66)94)100-34-28-79(19-7)20-8)43-108-75-69(101-35-29-80(21-9)22-10)62(95)65(99-33-27-78(17-5)18-6)51(114-75)44-106-73-60(93)57(90)63(47(38-83)112-73)98-32-26-77(15-3)16-4/h45-75,82-97H,13-44H2,1-12H3/q+1/t45?,46-,47-,48-,49-,50-,51-,52-,53-,54+,55+,56-,57-,58-,59-,60-,61+,62+,63-,64-,65-,66-,67-,68-,69-,70+,71+,72+,73+,74+,75+/m1/s1. The molecule has 0 aromatic heterocycles. The van der Waals surface area contributed by atoms with Crippen molar-refractivity contribution >= 4 is 0 Å². The molecule has 6 saturated heterocycles. The van der Waals surface area contributed by atoms with Gasteiger partial charge in [-0.25, -0.2) is 0 Å². The first-order valence-corrected chi connectivity index (χ1v) is 41.6. The van der Waals surface area contributed by atoms with Gasteiger partial charge in [-0.15, -0.1) is 0 Å². The number of rotatable bonds is 55. The van der Waals surface area contributed by atoms with Crippen molar-refractivity contribution in [3.63, 3.8) is 0 Å². The molecule has 1 unspecified atom stereocenters. The van der Waals surface area contributed by atoms with Crippen LogP contribution in [-0.4, -0.2) is 511 Å². The Morgan fingerprint density at radius 3 is 1.05 bits per heavy atom. The van der Waals surface area contributed by atoms with Crippen LogP contribution < -0.4 is 0 Å². The first kappa shape index (κ1) is 101. The molecule has 39 heteroatoms. The number of hydrogen-bond acceptors (Lipinski definition) is 38. The van der Waals surface area contributed by atoms with Crippen LogP contribution in [0.25, 0.3) is 0 Å². The van der Waals surface area contributed by atoms with Crippen LogP contribution in [0.4, 0.5) is 0 Å². The molecule has 0 radical (unpaired) electrons. The molecule has 6 aliphatic rings. The third-order valence-electron chi connectivity index (χ3n) is 23.3. The Morgan fingerprint density at radius 1 is 0.272 bits per heavy atom. The van der Waals surface area contributed by atoms with Crippen molar-refractivity contribution < 1.29 is 167 Å². The molecule has 6 rings (SSSR count). The Bertz CT molecular complexity index is 2500. The van der Waals surface area contributed by atoms with E-state index < -0.39 is 243 Å². The first-order chi connectivity index (χ1) is 54.7. The van der Waals surface area contributed by atoms with E-state index in [1.54, 1.807) is 0 Å². The second-order valence-corrected chi connectivity index (χ2v) is 29.9. The maximum atomic E-state index is 12.6. The number of aliphatic hydroxyl groups excluding tert-OH is 16. The molecule has 6 heterocycles. The molecule has 6 fully saturated rings. The molecule has 114 heavy (non-hydrogen) atoms. The normalized spacial score (nSPS) is 37.0. The van der Waals surface area contributed by atoms with E-state index in [2.05, 4.69) is 52.2 Å². The minimum absolute atomic E-state index is 0.0259. The van der Waals surface area contributed by atoms with Crippen LogP contribution in [0.1, 0.15) is 83.1 Å². The van der Waals surface area contributed by atoms with Gasteiger partial charge in [0.25, 0.3) is 0 Å². The van der Waals surface area contributed by atoms with Crippen molar-refractivity contribution in [2.24, 2.45) is 0 Å². The molecular formula is C75H147N6O33+. The Kier molecular flexibility index (Phi) is 46.3. The molecule has 16 N–H and O–H groups in total. The van der Waals surface area contributed by atoms with Crippen LogP contribution in [0.15, 0.2) is 0 Å². The van der Waals surface area contributed by atoms with Crippen LogP contribution >= 0.6 is 0 Å². The molecule has 0 aromatic carbocycles. The summed E-state index contributed by atoms with van der Waals surface area (Å²) in [5, 5.41) is 181. The quantitative estimate of drug-likeness (QED) is 0.0252. The number of likely N-dealkylation sites (N-methyl/N-ethyl adjacent to an activating group) is 6. The van der Waals surface area contributed by atoms with Gasteiger partial charge in [0.1, 0.15) is 159 Å². The predicted molar refractivity (Wildman–Crippen MR) is 405 cm³/mol. The van der Waals surface area contributed by atoms with Gasteiger partial charge in [-0.1, -0.05) is 69.2 Å². The largest absolute Gasteiger partial charge is 0.394 e. The van der Waals surface area contributed by atoms with Crippen LogP contribution in [-0.2, 0) is 80.5 Å². The fourth-order valence-corrected chi connectivity index (χ4v) is 15.1. The Labute approximate surface area is 672 Å². The lowest BCUT2D eigenvalue weighted by molar-refractivity contribution is -0.924. The predicted octanol–water partition coefficient (Wildman–Crippen LogP) is -7.04. The molecule has 0 spiro atoms. The topological polar surface area (TPSA) is 497 Å². The lowest BCUT2D eigenvalue weighted by Crippen LogP contribution is -2.64. The average molecular weight is 1660 g/mol. The summed E-state index contributed by atoms with van der Waals surface area (Å²) >= 11 is 0. The molecule has 0 amide bonds. The van der Waals surface area contributed by atoms with Gasteiger partial charge in [-0.05, 0) is 79.3 Å². The minimum Gasteiger partial charge on any atom is -0.394 e. The van der Waals surface area contributed by atoms with Gasteiger partial charge < -0.3 is 186 Å².